The molecule has 0 aromatic carbocycles. The number of aliphatic imine (C=N–C) groups is 1. The van der Waals surface area contributed by atoms with Crippen molar-refractivity contribution >= 4 is 41.3 Å². The number of hydrogen-bond acceptors (Lipinski definition) is 4. The van der Waals surface area contributed by atoms with Crippen molar-refractivity contribution in [2.24, 2.45) is 4.99 Å². The summed E-state index contributed by atoms with van der Waals surface area (Å²) in [5, 5.41) is 8.04. The lowest BCUT2D eigenvalue weighted by molar-refractivity contribution is 0.236. The molecule has 1 aromatic rings. The second-order valence-electron chi connectivity index (χ2n) is 5.80. The SMILES string of the molecule is CCC(CNC(=NC)NCCc1ncc(C)s1)N1CCCC1.I. The summed E-state index contributed by atoms with van der Waals surface area (Å²) < 4.78 is 0. The van der Waals surface area contributed by atoms with Crippen molar-refractivity contribution in [3.05, 3.63) is 16.1 Å². The number of guanidine groups is 1. The number of nitrogens with zero attached hydrogens (tertiary/aromatic N) is 3. The molecule has 1 aliphatic rings. The summed E-state index contributed by atoms with van der Waals surface area (Å²) in [7, 11) is 1.83. The van der Waals surface area contributed by atoms with Crippen LogP contribution in [0.25, 0.3) is 0 Å². The van der Waals surface area contributed by atoms with Crippen LogP contribution >= 0.6 is 35.3 Å². The van der Waals surface area contributed by atoms with Gasteiger partial charge in [-0.25, -0.2) is 4.98 Å². The highest BCUT2D eigenvalue weighted by Crippen LogP contribution is 2.13. The summed E-state index contributed by atoms with van der Waals surface area (Å²) in [6, 6.07) is 0.614. The van der Waals surface area contributed by atoms with Crippen molar-refractivity contribution < 1.29 is 0 Å². The number of hydrogen-bond donors (Lipinski definition) is 2. The van der Waals surface area contributed by atoms with E-state index >= 15 is 0 Å². The second-order valence-corrected chi connectivity index (χ2v) is 7.12. The number of aryl methyl sites for hydroxylation is 1. The Hall–Kier alpha value is -0.410. The van der Waals surface area contributed by atoms with Crippen molar-refractivity contribution in [1.82, 2.24) is 20.5 Å². The fourth-order valence-corrected chi connectivity index (χ4v) is 3.66. The minimum absolute atomic E-state index is 0. The van der Waals surface area contributed by atoms with Gasteiger partial charge in [-0.05, 0) is 39.3 Å². The number of likely N-dealkylation sites (tertiary alicyclic amines) is 1. The Labute approximate surface area is 161 Å². The molecule has 23 heavy (non-hydrogen) atoms. The Morgan fingerprint density at radius 1 is 1.39 bits per heavy atom. The van der Waals surface area contributed by atoms with Gasteiger partial charge in [-0.2, -0.15) is 0 Å². The van der Waals surface area contributed by atoms with E-state index in [4.69, 9.17) is 0 Å². The van der Waals surface area contributed by atoms with Gasteiger partial charge in [0.1, 0.15) is 0 Å². The van der Waals surface area contributed by atoms with E-state index in [1.165, 1.54) is 42.2 Å². The van der Waals surface area contributed by atoms with Crippen LogP contribution in [0.4, 0.5) is 0 Å². The van der Waals surface area contributed by atoms with Crippen molar-refractivity contribution in [1.29, 1.82) is 0 Å². The Morgan fingerprint density at radius 3 is 2.70 bits per heavy atom. The number of aromatic nitrogens is 1. The second kappa shape index (κ2) is 11.2. The topological polar surface area (TPSA) is 52.6 Å². The molecule has 1 fully saturated rings. The largest absolute Gasteiger partial charge is 0.356 e. The first-order valence-corrected chi connectivity index (χ1v) is 9.14. The standard InChI is InChI=1S/C16H29N5S.HI/c1-4-14(21-9-5-6-10-21)12-20-16(17-3)18-8-7-15-19-11-13(2)22-15;/h11,14H,4-10,12H2,1-3H3,(H2,17,18,20);1H. The Bertz CT molecular complexity index is 471. The number of nitrogens with one attached hydrogen (secondary N) is 2. The monoisotopic (exact) mass is 451 g/mol. The van der Waals surface area contributed by atoms with Gasteiger partial charge in [0.15, 0.2) is 5.96 Å². The highest BCUT2D eigenvalue weighted by Gasteiger charge is 2.20. The van der Waals surface area contributed by atoms with E-state index in [0.717, 1.165) is 25.5 Å². The highest BCUT2D eigenvalue weighted by atomic mass is 127. The predicted molar refractivity (Wildman–Crippen MR) is 110 cm³/mol. The maximum Gasteiger partial charge on any atom is 0.191 e. The van der Waals surface area contributed by atoms with Crippen LogP contribution in [0, 0.1) is 6.92 Å². The van der Waals surface area contributed by atoms with E-state index in [2.05, 4.69) is 39.4 Å². The third-order valence-corrected chi connectivity index (χ3v) is 5.13. The zero-order valence-electron chi connectivity index (χ0n) is 14.5. The molecule has 2 N–H and O–H groups in total. The molecular formula is C16H30IN5S. The summed E-state index contributed by atoms with van der Waals surface area (Å²) >= 11 is 1.77. The van der Waals surface area contributed by atoms with Gasteiger partial charge in [-0.15, -0.1) is 35.3 Å². The Morgan fingerprint density at radius 2 is 2.13 bits per heavy atom. The lowest BCUT2D eigenvalue weighted by Gasteiger charge is -2.27. The summed E-state index contributed by atoms with van der Waals surface area (Å²) in [4.78, 5) is 12.6. The molecule has 0 amide bonds. The van der Waals surface area contributed by atoms with Gasteiger partial charge in [0.25, 0.3) is 0 Å². The van der Waals surface area contributed by atoms with Crippen LogP contribution in [0.3, 0.4) is 0 Å². The van der Waals surface area contributed by atoms with E-state index in [9.17, 15) is 0 Å². The van der Waals surface area contributed by atoms with E-state index in [1.54, 1.807) is 11.3 Å². The molecule has 0 saturated carbocycles. The maximum absolute atomic E-state index is 4.39. The number of thiazole rings is 1. The van der Waals surface area contributed by atoms with E-state index < -0.39 is 0 Å². The molecule has 1 atom stereocenters. The third-order valence-electron chi connectivity index (χ3n) is 4.16. The molecule has 1 unspecified atom stereocenters. The Balaban J connectivity index is 0.00000264. The van der Waals surface area contributed by atoms with Crippen molar-refractivity contribution in [2.45, 2.75) is 45.6 Å². The minimum atomic E-state index is 0. The Kier molecular flexibility index (Phi) is 10.0. The molecule has 2 heterocycles. The average molecular weight is 451 g/mol. The van der Waals surface area contributed by atoms with Crippen molar-refractivity contribution in [3.8, 4) is 0 Å². The normalized spacial score (nSPS) is 16.9. The van der Waals surface area contributed by atoms with Gasteiger partial charge in [0.05, 0.1) is 5.01 Å². The van der Waals surface area contributed by atoms with Crippen LogP contribution in [0.15, 0.2) is 11.2 Å². The predicted octanol–water partition coefficient (Wildman–Crippen LogP) is 2.65. The smallest absolute Gasteiger partial charge is 0.191 e. The quantitative estimate of drug-likeness (QED) is 0.380. The first kappa shape index (κ1) is 20.6. The van der Waals surface area contributed by atoms with E-state index in [0.29, 0.717) is 6.04 Å². The maximum atomic E-state index is 4.39. The molecule has 0 aliphatic carbocycles. The van der Waals surface area contributed by atoms with Gasteiger partial charge < -0.3 is 10.6 Å². The first-order chi connectivity index (χ1) is 10.7. The van der Waals surface area contributed by atoms with Crippen molar-refractivity contribution in [2.75, 3.05) is 33.2 Å². The summed E-state index contributed by atoms with van der Waals surface area (Å²) in [6.07, 6.45) is 6.76. The molecule has 0 radical (unpaired) electrons. The summed E-state index contributed by atoms with van der Waals surface area (Å²) in [5.41, 5.74) is 0. The molecule has 132 valence electrons. The summed E-state index contributed by atoms with van der Waals surface area (Å²) in [5.74, 6) is 0.894. The fourth-order valence-electron chi connectivity index (χ4n) is 2.88. The van der Waals surface area contributed by atoms with Gasteiger partial charge in [-0.3, -0.25) is 9.89 Å². The van der Waals surface area contributed by atoms with Crippen LogP contribution in [0.5, 0.6) is 0 Å². The molecular weight excluding hydrogens is 421 g/mol. The van der Waals surface area contributed by atoms with Crippen molar-refractivity contribution in [3.63, 3.8) is 0 Å². The van der Waals surface area contributed by atoms with Crippen LogP contribution in [0.1, 0.15) is 36.1 Å². The zero-order valence-corrected chi connectivity index (χ0v) is 17.6. The molecule has 5 nitrogen and oxygen atoms in total. The lowest BCUT2D eigenvalue weighted by Crippen LogP contribution is -2.46. The van der Waals surface area contributed by atoms with Crippen LogP contribution in [-0.4, -0.2) is 55.1 Å². The van der Waals surface area contributed by atoms with Crippen LogP contribution in [0.2, 0.25) is 0 Å². The third kappa shape index (κ3) is 6.93. The minimum Gasteiger partial charge on any atom is -0.356 e. The molecule has 2 rings (SSSR count). The van der Waals surface area contributed by atoms with Gasteiger partial charge in [0.2, 0.25) is 0 Å². The van der Waals surface area contributed by atoms with Gasteiger partial charge in [-0.1, -0.05) is 6.92 Å². The van der Waals surface area contributed by atoms with Crippen LogP contribution < -0.4 is 10.6 Å². The van der Waals surface area contributed by atoms with Crippen LogP contribution in [-0.2, 0) is 6.42 Å². The number of halogens is 1. The summed E-state index contributed by atoms with van der Waals surface area (Å²) in [6.45, 7) is 8.69. The molecule has 1 aliphatic heterocycles. The molecule has 0 spiro atoms. The number of rotatable bonds is 7. The van der Waals surface area contributed by atoms with E-state index in [-0.39, 0.29) is 24.0 Å². The van der Waals surface area contributed by atoms with E-state index in [1.807, 2.05) is 13.2 Å². The molecule has 1 aromatic heterocycles. The lowest BCUT2D eigenvalue weighted by atomic mass is 10.2. The molecule has 7 heteroatoms. The average Bonchev–Trinajstić information content (AvgIpc) is 3.18. The fraction of sp³-hybridized carbons (Fsp3) is 0.750. The molecule has 1 saturated heterocycles. The zero-order chi connectivity index (χ0) is 15.8. The van der Waals surface area contributed by atoms with Gasteiger partial charge >= 0.3 is 0 Å². The highest BCUT2D eigenvalue weighted by molar-refractivity contribution is 14.0. The molecule has 0 bridgehead atoms. The first-order valence-electron chi connectivity index (χ1n) is 8.32. The van der Waals surface area contributed by atoms with Gasteiger partial charge in [0, 0.05) is 43.7 Å².